The van der Waals surface area contributed by atoms with Gasteiger partial charge in [0.05, 0.1) is 23.4 Å². The van der Waals surface area contributed by atoms with E-state index in [9.17, 15) is 13.2 Å². The van der Waals surface area contributed by atoms with Crippen LogP contribution in [0.15, 0.2) is 40.5 Å². The van der Waals surface area contributed by atoms with Crippen molar-refractivity contribution in [2.24, 2.45) is 5.16 Å². The topological polar surface area (TPSA) is 122 Å². The number of amides is 1. The average molecular weight is 534 g/mol. The SMILES string of the molecule is C[C@@H]1CNCCN1Cc1cnc(NC(=O)/C(=N/O[C@@H]2CCOC2)c2ccc(S(=O)(=O)C3CC3)cc2)s1. The summed E-state index contributed by atoms with van der Waals surface area (Å²) in [4.78, 5) is 26.9. The molecule has 1 saturated carbocycles. The van der Waals surface area contributed by atoms with Crippen LogP contribution in [0.5, 0.6) is 0 Å². The Morgan fingerprint density at radius 3 is 2.81 bits per heavy atom. The highest BCUT2D eigenvalue weighted by Crippen LogP contribution is 2.33. The van der Waals surface area contributed by atoms with Crippen LogP contribution in [0.1, 0.15) is 36.6 Å². The lowest BCUT2D eigenvalue weighted by molar-refractivity contribution is -0.110. The molecule has 1 aliphatic carbocycles. The van der Waals surface area contributed by atoms with Crippen LogP contribution in [-0.4, -0.2) is 80.2 Å². The second kappa shape index (κ2) is 10.9. The molecule has 0 spiro atoms. The second-order valence-electron chi connectivity index (χ2n) is 9.41. The van der Waals surface area contributed by atoms with Crippen LogP contribution in [0.4, 0.5) is 5.13 Å². The van der Waals surface area contributed by atoms with Crippen molar-refractivity contribution in [1.82, 2.24) is 15.2 Å². The number of rotatable bonds is 9. The molecule has 2 saturated heterocycles. The Morgan fingerprint density at radius 2 is 2.11 bits per heavy atom. The maximum absolute atomic E-state index is 13.2. The lowest BCUT2D eigenvalue weighted by Crippen LogP contribution is -2.49. The molecule has 36 heavy (non-hydrogen) atoms. The summed E-state index contributed by atoms with van der Waals surface area (Å²) in [7, 11) is -3.32. The number of anilines is 1. The first kappa shape index (κ1) is 25.3. The summed E-state index contributed by atoms with van der Waals surface area (Å²) in [6, 6.07) is 6.69. The molecule has 0 bridgehead atoms. The molecule has 5 rings (SSSR count). The van der Waals surface area contributed by atoms with Crippen LogP contribution in [0.25, 0.3) is 0 Å². The Bertz CT molecular complexity index is 1200. The number of carbonyl (C=O) groups is 1. The number of aromatic nitrogens is 1. The molecule has 2 atom stereocenters. The van der Waals surface area contributed by atoms with Gasteiger partial charge in [0.15, 0.2) is 26.8 Å². The molecule has 12 heteroatoms. The number of hydrogen-bond acceptors (Lipinski definition) is 10. The fourth-order valence-electron chi connectivity index (χ4n) is 4.23. The first-order chi connectivity index (χ1) is 17.4. The Labute approximate surface area is 215 Å². The summed E-state index contributed by atoms with van der Waals surface area (Å²) in [5, 5.41) is 10.6. The standard InChI is InChI=1S/C24H31N5O5S2/c1-16-12-25-9-10-29(16)14-19-13-26-24(35-19)27-23(30)22(28-34-18-8-11-33-15-18)17-2-4-20(5-3-17)36(31,32)21-6-7-21/h2-5,13,16,18,21,25H,6-12,14-15H2,1H3,(H,26,27,30)/b28-22+/t16-,18-/m1/s1. The van der Waals surface area contributed by atoms with Crippen LogP contribution in [0.2, 0.25) is 0 Å². The molecule has 1 aromatic carbocycles. The summed E-state index contributed by atoms with van der Waals surface area (Å²) in [6.07, 6.45) is 3.64. The number of piperazine rings is 1. The minimum atomic E-state index is -3.32. The predicted octanol–water partition coefficient (Wildman–Crippen LogP) is 2.02. The van der Waals surface area contributed by atoms with Crippen molar-refractivity contribution < 1.29 is 22.8 Å². The van der Waals surface area contributed by atoms with E-state index in [2.05, 4.69) is 32.6 Å². The monoisotopic (exact) mass is 533 g/mol. The normalized spacial score (nSPS) is 23.5. The van der Waals surface area contributed by atoms with Crippen molar-refractivity contribution in [1.29, 1.82) is 0 Å². The van der Waals surface area contributed by atoms with Gasteiger partial charge in [-0.3, -0.25) is 15.0 Å². The number of nitrogens with zero attached hydrogens (tertiary/aromatic N) is 3. The van der Waals surface area contributed by atoms with Crippen molar-refractivity contribution in [3.63, 3.8) is 0 Å². The van der Waals surface area contributed by atoms with E-state index < -0.39 is 15.7 Å². The third-order valence-electron chi connectivity index (χ3n) is 6.59. The molecule has 194 valence electrons. The molecule has 2 aliphatic heterocycles. The first-order valence-corrected chi connectivity index (χ1v) is 14.6. The van der Waals surface area contributed by atoms with E-state index in [4.69, 9.17) is 9.57 Å². The molecule has 3 heterocycles. The minimum Gasteiger partial charge on any atom is -0.389 e. The van der Waals surface area contributed by atoms with Gasteiger partial charge in [0.1, 0.15) is 0 Å². The van der Waals surface area contributed by atoms with E-state index >= 15 is 0 Å². The van der Waals surface area contributed by atoms with Crippen molar-refractivity contribution in [3.05, 3.63) is 40.9 Å². The Hall–Kier alpha value is -2.38. The number of sulfone groups is 1. The van der Waals surface area contributed by atoms with E-state index in [1.165, 1.54) is 23.5 Å². The van der Waals surface area contributed by atoms with Crippen LogP contribution in [0.3, 0.4) is 0 Å². The second-order valence-corrected chi connectivity index (χ2v) is 12.8. The number of hydrogen-bond donors (Lipinski definition) is 2. The predicted molar refractivity (Wildman–Crippen MR) is 137 cm³/mol. The van der Waals surface area contributed by atoms with Crippen LogP contribution in [-0.2, 0) is 30.8 Å². The summed E-state index contributed by atoms with van der Waals surface area (Å²) in [5.41, 5.74) is 0.525. The number of ether oxygens (including phenoxy) is 1. The number of carbonyl (C=O) groups excluding carboxylic acids is 1. The molecule has 0 unspecified atom stereocenters. The molecular weight excluding hydrogens is 502 g/mol. The summed E-state index contributed by atoms with van der Waals surface area (Å²) < 4.78 is 30.4. The lowest BCUT2D eigenvalue weighted by Gasteiger charge is -2.33. The quantitative estimate of drug-likeness (QED) is 0.371. The van der Waals surface area contributed by atoms with Crippen molar-refractivity contribution in [3.8, 4) is 0 Å². The molecule has 0 radical (unpaired) electrons. The minimum absolute atomic E-state index is 0.0600. The maximum Gasteiger partial charge on any atom is 0.280 e. The smallest absolute Gasteiger partial charge is 0.280 e. The molecular formula is C24H31N5O5S2. The molecule has 10 nitrogen and oxygen atoms in total. The van der Waals surface area contributed by atoms with Gasteiger partial charge in [-0.15, -0.1) is 11.3 Å². The van der Waals surface area contributed by atoms with E-state index in [0.29, 0.717) is 49.2 Å². The summed E-state index contributed by atoms with van der Waals surface area (Å²) >= 11 is 1.43. The lowest BCUT2D eigenvalue weighted by atomic mass is 10.1. The van der Waals surface area contributed by atoms with Gasteiger partial charge in [-0.05, 0) is 31.9 Å². The van der Waals surface area contributed by atoms with Gasteiger partial charge in [0, 0.05) is 55.3 Å². The van der Waals surface area contributed by atoms with E-state index in [1.54, 1.807) is 18.3 Å². The molecule has 3 fully saturated rings. The number of oxime groups is 1. The fraction of sp³-hybridized carbons (Fsp3) is 0.542. The molecule has 1 amide bonds. The first-order valence-electron chi connectivity index (χ1n) is 12.3. The Morgan fingerprint density at radius 1 is 1.31 bits per heavy atom. The van der Waals surface area contributed by atoms with E-state index in [1.807, 2.05) is 0 Å². The Kier molecular flexibility index (Phi) is 7.68. The van der Waals surface area contributed by atoms with Crippen LogP contribution < -0.4 is 10.6 Å². The van der Waals surface area contributed by atoms with Gasteiger partial charge in [0.25, 0.3) is 5.91 Å². The van der Waals surface area contributed by atoms with Gasteiger partial charge < -0.3 is 14.9 Å². The highest BCUT2D eigenvalue weighted by Gasteiger charge is 2.37. The van der Waals surface area contributed by atoms with Gasteiger partial charge in [-0.25, -0.2) is 13.4 Å². The zero-order valence-corrected chi connectivity index (χ0v) is 21.8. The van der Waals surface area contributed by atoms with Crippen molar-refractivity contribution >= 4 is 37.9 Å². The maximum atomic E-state index is 13.2. The molecule has 1 aromatic heterocycles. The van der Waals surface area contributed by atoms with Gasteiger partial charge in [-0.2, -0.15) is 0 Å². The van der Waals surface area contributed by atoms with Crippen molar-refractivity contribution in [2.75, 3.05) is 38.2 Å². The van der Waals surface area contributed by atoms with Gasteiger partial charge in [0.2, 0.25) is 0 Å². The largest absolute Gasteiger partial charge is 0.389 e. The zero-order chi connectivity index (χ0) is 25.1. The Balaban J connectivity index is 1.31. The number of thiazole rings is 1. The molecule has 3 aliphatic rings. The zero-order valence-electron chi connectivity index (χ0n) is 20.2. The van der Waals surface area contributed by atoms with Crippen LogP contribution >= 0.6 is 11.3 Å². The number of benzene rings is 1. The highest BCUT2D eigenvalue weighted by atomic mass is 32.2. The van der Waals surface area contributed by atoms with Gasteiger partial charge >= 0.3 is 0 Å². The summed E-state index contributed by atoms with van der Waals surface area (Å²) in [5.74, 6) is -0.469. The number of nitrogens with one attached hydrogen (secondary N) is 2. The van der Waals surface area contributed by atoms with Gasteiger partial charge in [-0.1, -0.05) is 17.3 Å². The third-order valence-corrected chi connectivity index (χ3v) is 9.76. The highest BCUT2D eigenvalue weighted by molar-refractivity contribution is 7.92. The average Bonchev–Trinajstić information content (AvgIpc) is 3.45. The van der Waals surface area contributed by atoms with E-state index in [0.717, 1.165) is 31.1 Å². The van der Waals surface area contributed by atoms with E-state index in [-0.39, 0.29) is 22.0 Å². The molecule has 2 aromatic rings. The molecule has 2 N–H and O–H groups in total. The summed E-state index contributed by atoms with van der Waals surface area (Å²) in [6.45, 7) is 6.84. The van der Waals surface area contributed by atoms with Crippen molar-refractivity contribution in [2.45, 2.75) is 55.0 Å². The fourth-order valence-corrected chi connectivity index (χ4v) is 6.72. The third kappa shape index (κ3) is 5.94. The van der Waals surface area contributed by atoms with Crippen LogP contribution in [0, 0.1) is 0 Å².